The van der Waals surface area contributed by atoms with E-state index in [0.717, 1.165) is 11.3 Å². The van der Waals surface area contributed by atoms with Gasteiger partial charge in [0.25, 0.3) is 0 Å². The molecule has 21 heavy (non-hydrogen) atoms. The Morgan fingerprint density at radius 1 is 1.33 bits per heavy atom. The minimum Gasteiger partial charge on any atom is -0.491 e. The molecule has 0 radical (unpaired) electrons. The van der Waals surface area contributed by atoms with Gasteiger partial charge in [0.1, 0.15) is 12.4 Å². The summed E-state index contributed by atoms with van der Waals surface area (Å²) in [7, 11) is 0. The van der Waals surface area contributed by atoms with Crippen molar-refractivity contribution in [3.05, 3.63) is 29.8 Å². The summed E-state index contributed by atoms with van der Waals surface area (Å²) in [5.41, 5.74) is 1.07. The van der Waals surface area contributed by atoms with E-state index in [9.17, 15) is 9.90 Å². The van der Waals surface area contributed by atoms with Gasteiger partial charge < -0.3 is 20.1 Å². The van der Waals surface area contributed by atoms with E-state index < -0.39 is 6.10 Å². The fourth-order valence-electron chi connectivity index (χ4n) is 1.95. The van der Waals surface area contributed by atoms with Crippen molar-refractivity contribution in [2.75, 3.05) is 19.7 Å². The molecule has 0 aromatic heterocycles. The normalized spacial score (nSPS) is 12.1. The van der Waals surface area contributed by atoms with Crippen LogP contribution in [0.3, 0.4) is 0 Å². The fourth-order valence-corrected chi connectivity index (χ4v) is 1.95. The monoisotopic (exact) mass is 294 g/mol. The van der Waals surface area contributed by atoms with Crippen LogP contribution < -0.4 is 10.1 Å². The maximum absolute atomic E-state index is 12.0. The van der Waals surface area contributed by atoms with Crippen molar-refractivity contribution in [1.82, 2.24) is 10.2 Å². The predicted molar refractivity (Wildman–Crippen MR) is 83.6 cm³/mol. The Hall–Kier alpha value is -1.75. The molecule has 1 aromatic carbocycles. The first-order valence-electron chi connectivity index (χ1n) is 7.32. The third kappa shape index (κ3) is 6.04. The van der Waals surface area contributed by atoms with Crippen LogP contribution in [0.25, 0.3) is 0 Å². The molecule has 5 nitrogen and oxygen atoms in total. The van der Waals surface area contributed by atoms with Crippen LogP contribution in [0.5, 0.6) is 5.75 Å². The van der Waals surface area contributed by atoms with Gasteiger partial charge in [-0.3, -0.25) is 0 Å². The molecule has 1 unspecified atom stereocenters. The summed E-state index contributed by atoms with van der Waals surface area (Å²) in [6, 6.07) is 7.63. The first-order valence-corrected chi connectivity index (χ1v) is 7.32. The predicted octanol–water partition coefficient (Wildman–Crippen LogP) is 2.17. The lowest BCUT2D eigenvalue weighted by Gasteiger charge is -2.28. The molecular weight excluding hydrogens is 268 g/mol. The quantitative estimate of drug-likeness (QED) is 0.758. The molecule has 0 aliphatic carbocycles. The average molecular weight is 294 g/mol. The zero-order chi connectivity index (χ0) is 15.8. The summed E-state index contributed by atoms with van der Waals surface area (Å²) in [6.07, 6.45) is -0.540. The Bertz CT molecular complexity index is 447. The van der Waals surface area contributed by atoms with E-state index >= 15 is 0 Å². The molecule has 0 aliphatic heterocycles. The van der Waals surface area contributed by atoms with E-state index in [2.05, 4.69) is 5.32 Å². The zero-order valence-electron chi connectivity index (χ0n) is 13.3. The van der Waals surface area contributed by atoms with Crippen LogP contribution in [0.4, 0.5) is 4.79 Å². The van der Waals surface area contributed by atoms with E-state index in [1.54, 1.807) is 11.8 Å². The molecule has 0 aliphatic rings. The number of nitrogens with zero attached hydrogens (tertiary/aromatic N) is 1. The third-order valence-electron chi connectivity index (χ3n) is 3.07. The van der Waals surface area contributed by atoms with E-state index in [-0.39, 0.29) is 12.1 Å². The number of aryl methyl sites for hydroxylation is 1. The standard InChI is InChI=1S/C16H26N2O3/c1-12(2)18(11-14(4)19)16(20)17-9-10-21-15-8-6-5-7-13(15)3/h5-8,12,14,19H,9-11H2,1-4H3,(H,17,20). The smallest absolute Gasteiger partial charge is 0.317 e. The Kier molecular flexibility index (Phi) is 7.02. The van der Waals surface area contributed by atoms with Crippen LogP contribution in [0.2, 0.25) is 0 Å². The molecule has 2 N–H and O–H groups in total. The number of para-hydroxylation sites is 1. The molecule has 1 atom stereocenters. The lowest BCUT2D eigenvalue weighted by molar-refractivity contribution is 0.118. The lowest BCUT2D eigenvalue weighted by Crippen LogP contribution is -2.47. The molecule has 0 saturated heterocycles. The van der Waals surface area contributed by atoms with Gasteiger partial charge in [-0.25, -0.2) is 4.79 Å². The summed E-state index contributed by atoms with van der Waals surface area (Å²) in [5, 5.41) is 12.2. The minimum absolute atomic E-state index is 0.0388. The van der Waals surface area contributed by atoms with Crippen LogP contribution in [-0.4, -0.2) is 47.9 Å². The molecule has 0 saturated carbocycles. The minimum atomic E-state index is -0.540. The molecule has 1 rings (SSSR count). The molecule has 0 spiro atoms. The molecule has 1 aromatic rings. The molecule has 5 heteroatoms. The van der Waals surface area contributed by atoms with Crippen molar-refractivity contribution in [3.8, 4) is 5.75 Å². The number of amides is 2. The zero-order valence-corrected chi connectivity index (χ0v) is 13.3. The van der Waals surface area contributed by atoms with Crippen LogP contribution in [0.15, 0.2) is 24.3 Å². The van der Waals surface area contributed by atoms with Gasteiger partial charge in [0.15, 0.2) is 0 Å². The van der Waals surface area contributed by atoms with Crippen molar-refractivity contribution < 1.29 is 14.6 Å². The van der Waals surface area contributed by atoms with E-state index in [1.807, 2.05) is 45.0 Å². The highest BCUT2D eigenvalue weighted by molar-refractivity contribution is 5.74. The highest BCUT2D eigenvalue weighted by Gasteiger charge is 2.18. The first-order chi connectivity index (χ1) is 9.91. The molecule has 118 valence electrons. The fraction of sp³-hybridized carbons (Fsp3) is 0.562. The third-order valence-corrected chi connectivity index (χ3v) is 3.07. The molecule has 0 fully saturated rings. The van der Waals surface area contributed by atoms with Crippen molar-refractivity contribution in [1.29, 1.82) is 0 Å². The number of urea groups is 1. The van der Waals surface area contributed by atoms with Crippen LogP contribution in [0, 0.1) is 6.92 Å². The largest absolute Gasteiger partial charge is 0.491 e. The topological polar surface area (TPSA) is 61.8 Å². The number of ether oxygens (including phenoxy) is 1. The van der Waals surface area contributed by atoms with Gasteiger partial charge in [0, 0.05) is 12.6 Å². The van der Waals surface area contributed by atoms with Crippen LogP contribution >= 0.6 is 0 Å². The number of carbonyl (C=O) groups excluding carboxylic acids is 1. The summed E-state index contributed by atoms with van der Waals surface area (Å²) < 4.78 is 5.63. The SMILES string of the molecule is Cc1ccccc1OCCNC(=O)N(CC(C)O)C(C)C. The molecular formula is C16H26N2O3. The van der Waals surface area contributed by atoms with Crippen molar-refractivity contribution in [3.63, 3.8) is 0 Å². The maximum atomic E-state index is 12.0. The van der Waals surface area contributed by atoms with Crippen molar-refractivity contribution in [2.45, 2.75) is 39.8 Å². The number of benzene rings is 1. The second-order valence-electron chi connectivity index (χ2n) is 5.44. The number of aliphatic hydroxyl groups excluding tert-OH is 1. The van der Waals surface area contributed by atoms with Crippen molar-refractivity contribution in [2.24, 2.45) is 0 Å². The van der Waals surface area contributed by atoms with E-state index in [0.29, 0.717) is 19.7 Å². The second-order valence-corrected chi connectivity index (χ2v) is 5.44. The second kappa shape index (κ2) is 8.52. The first kappa shape index (κ1) is 17.3. The van der Waals surface area contributed by atoms with Gasteiger partial charge in [-0.1, -0.05) is 18.2 Å². The maximum Gasteiger partial charge on any atom is 0.317 e. The Balaban J connectivity index is 2.37. The molecule has 0 bridgehead atoms. The molecule has 2 amide bonds. The highest BCUT2D eigenvalue weighted by Crippen LogP contribution is 2.15. The van der Waals surface area contributed by atoms with Gasteiger partial charge in [0.05, 0.1) is 12.6 Å². The Labute approximate surface area is 126 Å². The number of nitrogens with one attached hydrogen (secondary N) is 1. The number of aliphatic hydroxyl groups is 1. The number of carbonyl (C=O) groups is 1. The van der Waals surface area contributed by atoms with Crippen LogP contribution in [-0.2, 0) is 0 Å². The highest BCUT2D eigenvalue weighted by atomic mass is 16.5. The van der Waals surface area contributed by atoms with E-state index in [4.69, 9.17) is 4.74 Å². The number of hydrogen-bond donors (Lipinski definition) is 2. The molecule has 0 heterocycles. The van der Waals surface area contributed by atoms with Gasteiger partial charge >= 0.3 is 6.03 Å². The average Bonchev–Trinajstić information content (AvgIpc) is 2.42. The van der Waals surface area contributed by atoms with E-state index in [1.165, 1.54) is 0 Å². The van der Waals surface area contributed by atoms with Crippen molar-refractivity contribution >= 4 is 6.03 Å². The summed E-state index contributed by atoms with van der Waals surface area (Å²) in [6.45, 7) is 8.66. The summed E-state index contributed by atoms with van der Waals surface area (Å²) >= 11 is 0. The van der Waals surface area contributed by atoms with Gasteiger partial charge in [-0.2, -0.15) is 0 Å². The van der Waals surface area contributed by atoms with Gasteiger partial charge in [-0.05, 0) is 39.3 Å². The summed E-state index contributed by atoms with van der Waals surface area (Å²) in [5.74, 6) is 0.830. The van der Waals surface area contributed by atoms with Gasteiger partial charge in [0.2, 0.25) is 0 Å². The van der Waals surface area contributed by atoms with Gasteiger partial charge in [-0.15, -0.1) is 0 Å². The van der Waals surface area contributed by atoms with Crippen LogP contribution in [0.1, 0.15) is 26.3 Å². The number of hydrogen-bond acceptors (Lipinski definition) is 3. The number of rotatable bonds is 7. The lowest BCUT2D eigenvalue weighted by atomic mass is 10.2. The Morgan fingerprint density at radius 3 is 2.57 bits per heavy atom. The Morgan fingerprint density at radius 2 is 2.00 bits per heavy atom. The summed E-state index contributed by atoms with van der Waals surface area (Å²) in [4.78, 5) is 13.7.